The van der Waals surface area contributed by atoms with E-state index in [-0.39, 0.29) is 6.54 Å². The first-order valence-corrected chi connectivity index (χ1v) is 6.03. The van der Waals surface area contributed by atoms with Crippen molar-refractivity contribution in [3.63, 3.8) is 0 Å². The number of ether oxygens (including phenoxy) is 1. The quantitative estimate of drug-likeness (QED) is 0.733. The van der Waals surface area contributed by atoms with E-state index in [1.54, 1.807) is 27.7 Å². The third-order valence-electron chi connectivity index (χ3n) is 3.19. The molecule has 0 saturated carbocycles. The van der Waals surface area contributed by atoms with Crippen LogP contribution in [-0.2, 0) is 9.53 Å². The highest BCUT2D eigenvalue weighted by molar-refractivity contribution is 5.77. The average Bonchev–Trinajstić information content (AvgIpc) is 2.19. The van der Waals surface area contributed by atoms with Crippen molar-refractivity contribution >= 4 is 12.1 Å². The molecule has 0 aromatic heterocycles. The number of nitrogens with two attached hydrogens (primary N) is 1. The summed E-state index contributed by atoms with van der Waals surface area (Å²) in [6.45, 7) is 7.40. The smallest absolute Gasteiger partial charge is 0.410 e. The first kappa shape index (κ1) is 14.8. The third kappa shape index (κ3) is 3.13. The Labute approximate surface area is 107 Å². The first-order valence-electron chi connectivity index (χ1n) is 6.03. The number of rotatable bonds is 1. The molecule has 1 rings (SSSR count). The lowest BCUT2D eigenvalue weighted by molar-refractivity contribution is -0.152. The zero-order valence-electron chi connectivity index (χ0n) is 11.4. The minimum atomic E-state index is -1.12. The van der Waals surface area contributed by atoms with Crippen LogP contribution in [0.1, 0.15) is 34.1 Å². The number of aliphatic carboxylic acids is 1. The lowest BCUT2D eigenvalue weighted by Crippen LogP contribution is -2.59. The molecule has 0 aromatic carbocycles. The van der Waals surface area contributed by atoms with Crippen molar-refractivity contribution in [2.24, 2.45) is 11.1 Å². The summed E-state index contributed by atoms with van der Waals surface area (Å²) in [5.41, 5.74) is 4.14. The molecule has 0 radical (unpaired) electrons. The van der Waals surface area contributed by atoms with Gasteiger partial charge in [0.25, 0.3) is 0 Å². The second kappa shape index (κ2) is 4.76. The van der Waals surface area contributed by atoms with Crippen molar-refractivity contribution in [3.05, 3.63) is 0 Å². The Morgan fingerprint density at radius 2 is 2.00 bits per heavy atom. The van der Waals surface area contributed by atoms with Gasteiger partial charge in [-0.25, -0.2) is 4.79 Å². The van der Waals surface area contributed by atoms with Gasteiger partial charge in [-0.05, 0) is 34.1 Å². The number of piperidine rings is 1. The predicted octanol–water partition coefficient (Wildman–Crippen LogP) is 1.05. The maximum absolute atomic E-state index is 11.9. The van der Waals surface area contributed by atoms with Crippen LogP contribution in [0.2, 0.25) is 0 Å². The van der Waals surface area contributed by atoms with Gasteiger partial charge in [0, 0.05) is 19.1 Å². The Morgan fingerprint density at radius 3 is 2.44 bits per heavy atom. The van der Waals surface area contributed by atoms with Gasteiger partial charge < -0.3 is 20.5 Å². The molecule has 6 heteroatoms. The second-order valence-corrected chi connectivity index (χ2v) is 6.02. The number of carboxylic acids is 1. The minimum absolute atomic E-state index is 0.0818. The number of carbonyl (C=O) groups excluding carboxylic acids is 1. The summed E-state index contributed by atoms with van der Waals surface area (Å²) in [4.78, 5) is 24.6. The maximum Gasteiger partial charge on any atom is 0.410 e. The molecule has 1 fully saturated rings. The Morgan fingerprint density at radius 1 is 1.44 bits per heavy atom. The molecule has 1 aliphatic heterocycles. The Bertz CT molecular complexity index is 350. The number of nitrogens with zero attached hydrogens (tertiary/aromatic N) is 1. The van der Waals surface area contributed by atoms with E-state index in [9.17, 15) is 14.7 Å². The molecular formula is C12H22N2O4. The predicted molar refractivity (Wildman–Crippen MR) is 66.1 cm³/mol. The molecule has 1 aliphatic rings. The van der Waals surface area contributed by atoms with E-state index in [1.807, 2.05) is 0 Å². The number of carboxylic acid groups (broad SMARTS) is 1. The molecule has 0 spiro atoms. The fourth-order valence-electron chi connectivity index (χ4n) is 1.91. The molecule has 18 heavy (non-hydrogen) atoms. The van der Waals surface area contributed by atoms with Gasteiger partial charge in [0.1, 0.15) is 5.60 Å². The lowest BCUT2D eigenvalue weighted by Gasteiger charge is -2.41. The summed E-state index contributed by atoms with van der Waals surface area (Å²) < 4.78 is 5.24. The SMILES string of the molecule is CC(C)(C)OC(=O)N1CC[C@@H](N)[C@@](C)(C(=O)O)C1. The number of amides is 1. The molecule has 3 N–H and O–H groups in total. The van der Waals surface area contributed by atoms with Crippen molar-refractivity contribution in [2.45, 2.75) is 45.8 Å². The minimum Gasteiger partial charge on any atom is -0.481 e. The second-order valence-electron chi connectivity index (χ2n) is 6.02. The van der Waals surface area contributed by atoms with Gasteiger partial charge >= 0.3 is 12.1 Å². The van der Waals surface area contributed by atoms with E-state index in [2.05, 4.69) is 0 Å². The van der Waals surface area contributed by atoms with E-state index in [0.717, 1.165) is 0 Å². The van der Waals surface area contributed by atoms with Crippen molar-refractivity contribution in [3.8, 4) is 0 Å². The molecule has 1 amide bonds. The Kier molecular flexibility index (Phi) is 3.90. The maximum atomic E-state index is 11.9. The molecule has 1 saturated heterocycles. The average molecular weight is 258 g/mol. The highest BCUT2D eigenvalue weighted by Crippen LogP contribution is 2.29. The summed E-state index contributed by atoms with van der Waals surface area (Å²) in [5.74, 6) is -0.983. The molecule has 104 valence electrons. The van der Waals surface area contributed by atoms with Gasteiger partial charge in [-0.15, -0.1) is 0 Å². The molecular weight excluding hydrogens is 236 g/mol. The normalized spacial score (nSPS) is 28.9. The topological polar surface area (TPSA) is 92.9 Å². The van der Waals surface area contributed by atoms with Crippen LogP contribution in [0.3, 0.4) is 0 Å². The van der Waals surface area contributed by atoms with Crippen molar-refractivity contribution < 1.29 is 19.4 Å². The van der Waals surface area contributed by atoms with Crippen LogP contribution in [-0.4, -0.2) is 46.8 Å². The fourth-order valence-corrected chi connectivity index (χ4v) is 1.91. The lowest BCUT2D eigenvalue weighted by atomic mass is 9.78. The molecule has 6 nitrogen and oxygen atoms in total. The summed E-state index contributed by atoms with van der Waals surface area (Å²) in [7, 11) is 0. The highest BCUT2D eigenvalue weighted by Gasteiger charge is 2.46. The van der Waals surface area contributed by atoms with E-state index in [0.29, 0.717) is 13.0 Å². The van der Waals surface area contributed by atoms with Crippen LogP contribution in [0.25, 0.3) is 0 Å². The molecule has 1 heterocycles. The third-order valence-corrected chi connectivity index (χ3v) is 3.19. The van der Waals surface area contributed by atoms with Crippen molar-refractivity contribution in [1.82, 2.24) is 4.90 Å². The van der Waals surface area contributed by atoms with Gasteiger partial charge in [0.15, 0.2) is 0 Å². The fraction of sp³-hybridized carbons (Fsp3) is 0.833. The van der Waals surface area contributed by atoms with Crippen LogP contribution in [0.4, 0.5) is 4.79 Å². The van der Waals surface area contributed by atoms with Gasteiger partial charge in [0.2, 0.25) is 0 Å². The van der Waals surface area contributed by atoms with E-state index < -0.39 is 29.1 Å². The Hall–Kier alpha value is -1.30. The number of carbonyl (C=O) groups is 2. The number of likely N-dealkylation sites (tertiary alicyclic amines) is 1. The molecule has 0 unspecified atom stereocenters. The molecule has 2 atom stereocenters. The van der Waals surface area contributed by atoms with Crippen LogP contribution in [0, 0.1) is 5.41 Å². The van der Waals surface area contributed by atoms with Crippen molar-refractivity contribution in [1.29, 1.82) is 0 Å². The van der Waals surface area contributed by atoms with Gasteiger partial charge in [-0.3, -0.25) is 4.79 Å². The van der Waals surface area contributed by atoms with Gasteiger partial charge in [-0.1, -0.05) is 0 Å². The standard InChI is InChI=1S/C12H22N2O4/c1-11(2,3)18-10(17)14-6-5-8(13)12(4,7-14)9(15)16/h8H,5-7,13H2,1-4H3,(H,15,16)/t8-,12+/m1/s1. The summed E-state index contributed by atoms with van der Waals surface area (Å²) in [6.07, 6.45) is -0.0240. The van der Waals surface area contributed by atoms with Gasteiger partial charge in [-0.2, -0.15) is 0 Å². The summed E-state index contributed by atoms with van der Waals surface area (Å²) >= 11 is 0. The summed E-state index contributed by atoms with van der Waals surface area (Å²) in [5, 5.41) is 9.24. The zero-order valence-corrected chi connectivity index (χ0v) is 11.4. The van der Waals surface area contributed by atoms with E-state index in [4.69, 9.17) is 10.5 Å². The first-order chi connectivity index (χ1) is 8.06. The zero-order chi connectivity index (χ0) is 14.1. The largest absolute Gasteiger partial charge is 0.481 e. The summed E-state index contributed by atoms with van der Waals surface area (Å²) in [6, 6.07) is -0.450. The molecule has 0 aliphatic carbocycles. The van der Waals surface area contributed by atoms with Crippen LogP contribution >= 0.6 is 0 Å². The van der Waals surface area contributed by atoms with E-state index in [1.165, 1.54) is 4.90 Å². The van der Waals surface area contributed by atoms with Crippen LogP contribution in [0.15, 0.2) is 0 Å². The molecule has 0 bridgehead atoms. The van der Waals surface area contributed by atoms with Crippen molar-refractivity contribution in [2.75, 3.05) is 13.1 Å². The van der Waals surface area contributed by atoms with Crippen LogP contribution < -0.4 is 5.73 Å². The van der Waals surface area contributed by atoms with Gasteiger partial charge in [0.05, 0.1) is 5.41 Å². The van der Waals surface area contributed by atoms with Crippen LogP contribution in [0.5, 0.6) is 0 Å². The Balaban J connectivity index is 2.77. The number of hydrogen-bond acceptors (Lipinski definition) is 4. The highest BCUT2D eigenvalue weighted by atomic mass is 16.6. The molecule has 0 aromatic rings. The number of hydrogen-bond donors (Lipinski definition) is 2. The monoisotopic (exact) mass is 258 g/mol. The van der Waals surface area contributed by atoms with E-state index >= 15 is 0 Å².